The first-order valence-corrected chi connectivity index (χ1v) is 8.86. The van der Waals surface area contributed by atoms with Crippen LogP contribution in [0, 0.1) is 12.7 Å². The minimum Gasteiger partial charge on any atom is -0.484 e. The van der Waals surface area contributed by atoms with Crippen LogP contribution in [0.1, 0.15) is 21.9 Å². The fraction of sp³-hybridized carbons (Fsp3) is 0.235. The maximum absolute atomic E-state index is 13.3. The average Bonchev–Trinajstić information content (AvgIpc) is 3.02. The monoisotopic (exact) mass is 397 g/mol. The number of rotatable bonds is 8. The van der Waals surface area contributed by atoms with E-state index in [1.807, 2.05) is 6.92 Å². The number of carbonyl (C=O) groups excluding carboxylic acids is 2. The van der Waals surface area contributed by atoms with Crippen LogP contribution in [-0.4, -0.2) is 29.9 Å². The van der Waals surface area contributed by atoms with Gasteiger partial charge < -0.3 is 15.4 Å². The third-order valence-electron chi connectivity index (χ3n) is 3.10. The third kappa shape index (κ3) is 6.12. The number of hydrogen-bond acceptors (Lipinski definition) is 5. The normalized spacial score (nSPS) is 10.3. The van der Waals surface area contributed by atoms with E-state index >= 15 is 0 Å². The van der Waals surface area contributed by atoms with Gasteiger partial charge in [-0.3, -0.25) is 9.59 Å². The number of thiazole rings is 1. The van der Waals surface area contributed by atoms with Gasteiger partial charge in [0.1, 0.15) is 11.6 Å². The SMILES string of the molecule is C=C(CCNC(=O)c1nc(C)cs1)NC(=O)COc1ccc(Cl)c(F)c1. The minimum absolute atomic E-state index is 0.0230. The number of amides is 2. The molecule has 0 spiro atoms. The highest BCUT2D eigenvalue weighted by atomic mass is 35.5. The van der Waals surface area contributed by atoms with E-state index in [9.17, 15) is 14.0 Å². The summed E-state index contributed by atoms with van der Waals surface area (Å²) in [7, 11) is 0. The lowest BCUT2D eigenvalue weighted by Gasteiger charge is -2.10. The maximum atomic E-state index is 13.3. The third-order valence-corrected chi connectivity index (χ3v) is 4.37. The molecule has 26 heavy (non-hydrogen) atoms. The molecular weight excluding hydrogens is 381 g/mol. The Balaban J connectivity index is 1.67. The van der Waals surface area contributed by atoms with Gasteiger partial charge in [0.15, 0.2) is 11.6 Å². The van der Waals surface area contributed by atoms with E-state index in [1.54, 1.807) is 5.38 Å². The first kappa shape index (κ1) is 19.9. The summed E-state index contributed by atoms with van der Waals surface area (Å²) in [5, 5.41) is 7.41. The first-order valence-electron chi connectivity index (χ1n) is 7.61. The molecule has 138 valence electrons. The van der Waals surface area contributed by atoms with Gasteiger partial charge in [-0.25, -0.2) is 9.37 Å². The van der Waals surface area contributed by atoms with E-state index in [2.05, 4.69) is 22.2 Å². The largest absolute Gasteiger partial charge is 0.484 e. The molecule has 0 aliphatic rings. The van der Waals surface area contributed by atoms with Crippen LogP contribution in [0.2, 0.25) is 5.02 Å². The minimum atomic E-state index is -0.625. The topological polar surface area (TPSA) is 80.3 Å². The first-order chi connectivity index (χ1) is 12.3. The van der Waals surface area contributed by atoms with Crippen molar-refractivity contribution < 1.29 is 18.7 Å². The molecule has 0 saturated heterocycles. The van der Waals surface area contributed by atoms with E-state index in [1.165, 1.54) is 23.5 Å². The lowest BCUT2D eigenvalue weighted by molar-refractivity contribution is -0.122. The maximum Gasteiger partial charge on any atom is 0.280 e. The molecule has 0 aliphatic carbocycles. The molecule has 0 saturated carbocycles. The zero-order chi connectivity index (χ0) is 19.1. The van der Waals surface area contributed by atoms with Crippen LogP contribution in [0.4, 0.5) is 4.39 Å². The second-order valence-electron chi connectivity index (χ2n) is 5.32. The molecule has 9 heteroatoms. The molecule has 2 rings (SSSR count). The number of hydrogen-bond donors (Lipinski definition) is 2. The molecular formula is C17H17ClFN3O3S. The Morgan fingerprint density at radius 3 is 2.85 bits per heavy atom. The molecule has 0 radical (unpaired) electrons. The summed E-state index contributed by atoms with van der Waals surface area (Å²) >= 11 is 6.84. The van der Waals surface area contributed by atoms with E-state index < -0.39 is 11.7 Å². The number of halogens is 2. The number of nitrogens with one attached hydrogen (secondary N) is 2. The van der Waals surface area contributed by atoms with Crippen molar-refractivity contribution in [3.8, 4) is 5.75 Å². The highest BCUT2D eigenvalue weighted by Crippen LogP contribution is 2.20. The van der Waals surface area contributed by atoms with Crippen LogP contribution < -0.4 is 15.4 Å². The summed E-state index contributed by atoms with van der Waals surface area (Å²) in [4.78, 5) is 27.7. The van der Waals surface area contributed by atoms with Crippen LogP contribution >= 0.6 is 22.9 Å². The van der Waals surface area contributed by atoms with Crippen molar-refractivity contribution >= 4 is 34.8 Å². The molecule has 0 fully saturated rings. The summed E-state index contributed by atoms with van der Waals surface area (Å²) in [6, 6.07) is 3.90. The van der Waals surface area contributed by atoms with E-state index in [0.29, 0.717) is 23.7 Å². The second-order valence-corrected chi connectivity index (χ2v) is 6.58. The summed E-state index contributed by atoms with van der Waals surface area (Å²) in [5.41, 5.74) is 1.22. The van der Waals surface area contributed by atoms with Gasteiger partial charge in [0, 0.05) is 35.8 Å². The Labute approximate surface area is 159 Å². The number of carbonyl (C=O) groups is 2. The summed E-state index contributed by atoms with van der Waals surface area (Å²) in [6.07, 6.45) is 0.359. The van der Waals surface area contributed by atoms with Crippen molar-refractivity contribution in [2.75, 3.05) is 13.2 Å². The van der Waals surface area contributed by atoms with Gasteiger partial charge in [-0.15, -0.1) is 11.3 Å². The van der Waals surface area contributed by atoms with Gasteiger partial charge in [0.05, 0.1) is 5.02 Å². The molecule has 2 aromatic rings. The van der Waals surface area contributed by atoms with Crippen molar-refractivity contribution in [2.45, 2.75) is 13.3 Å². The number of aryl methyl sites for hydroxylation is 1. The fourth-order valence-corrected chi connectivity index (χ4v) is 2.70. The molecule has 6 nitrogen and oxygen atoms in total. The summed E-state index contributed by atoms with van der Waals surface area (Å²) < 4.78 is 18.5. The van der Waals surface area contributed by atoms with E-state index in [-0.39, 0.29) is 23.3 Å². The van der Waals surface area contributed by atoms with Gasteiger partial charge in [-0.05, 0) is 19.1 Å². The zero-order valence-corrected chi connectivity index (χ0v) is 15.5. The van der Waals surface area contributed by atoms with Crippen LogP contribution in [0.15, 0.2) is 35.9 Å². The molecule has 0 unspecified atom stereocenters. The molecule has 1 aromatic heterocycles. The van der Waals surface area contributed by atoms with Crippen molar-refractivity contribution in [1.29, 1.82) is 0 Å². The number of benzene rings is 1. The van der Waals surface area contributed by atoms with Crippen molar-refractivity contribution in [3.05, 3.63) is 57.4 Å². The van der Waals surface area contributed by atoms with Crippen LogP contribution in [0.5, 0.6) is 5.75 Å². The fourth-order valence-electron chi connectivity index (χ4n) is 1.87. The van der Waals surface area contributed by atoms with Crippen LogP contribution in [-0.2, 0) is 4.79 Å². The molecule has 0 atom stereocenters. The predicted molar refractivity (Wildman–Crippen MR) is 98.0 cm³/mol. The predicted octanol–water partition coefficient (Wildman–Crippen LogP) is 3.07. The lowest BCUT2D eigenvalue weighted by Crippen LogP contribution is -2.30. The highest BCUT2D eigenvalue weighted by Gasteiger charge is 2.10. The molecule has 0 bridgehead atoms. The Kier molecular flexibility index (Phi) is 7.11. The standard InChI is InChI=1S/C17H17ClFN3O3S/c1-10(5-6-20-16(24)17-22-11(2)9-26-17)21-15(23)8-25-12-3-4-13(18)14(19)7-12/h3-4,7,9H,1,5-6,8H2,2H3,(H,20,24)(H,21,23). The molecule has 0 aliphatic heterocycles. The van der Waals surface area contributed by atoms with Gasteiger partial charge in [-0.1, -0.05) is 18.2 Å². The molecule has 2 N–H and O–H groups in total. The average molecular weight is 398 g/mol. The van der Waals surface area contributed by atoms with Gasteiger partial charge >= 0.3 is 0 Å². The number of ether oxygens (including phenoxy) is 1. The summed E-state index contributed by atoms with van der Waals surface area (Å²) in [5.74, 6) is -1.14. The van der Waals surface area contributed by atoms with Crippen molar-refractivity contribution in [1.82, 2.24) is 15.6 Å². The Hall–Kier alpha value is -2.45. The van der Waals surface area contributed by atoms with Crippen molar-refractivity contribution in [2.24, 2.45) is 0 Å². The number of aromatic nitrogens is 1. The zero-order valence-electron chi connectivity index (χ0n) is 14.0. The highest BCUT2D eigenvalue weighted by molar-refractivity contribution is 7.11. The smallest absolute Gasteiger partial charge is 0.280 e. The van der Waals surface area contributed by atoms with Gasteiger partial charge in [0.2, 0.25) is 0 Å². The van der Waals surface area contributed by atoms with Crippen molar-refractivity contribution in [3.63, 3.8) is 0 Å². The van der Waals surface area contributed by atoms with Gasteiger partial charge in [0.25, 0.3) is 11.8 Å². The van der Waals surface area contributed by atoms with Gasteiger partial charge in [-0.2, -0.15) is 0 Å². The molecule has 1 heterocycles. The molecule has 2 amide bonds. The Bertz CT molecular complexity index is 825. The summed E-state index contributed by atoms with van der Waals surface area (Å²) in [6.45, 7) is 5.54. The van der Waals surface area contributed by atoms with Crippen LogP contribution in [0.3, 0.4) is 0 Å². The van der Waals surface area contributed by atoms with Crippen LogP contribution in [0.25, 0.3) is 0 Å². The Morgan fingerprint density at radius 2 is 2.19 bits per heavy atom. The van der Waals surface area contributed by atoms with E-state index in [4.69, 9.17) is 16.3 Å². The number of nitrogens with zero attached hydrogens (tertiary/aromatic N) is 1. The lowest BCUT2D eigenvalue weighted by atomic mass is 10.3. The van der Waals surface area contributed by atoms with E-state index in [0.717, 1.165) is 11.8 Å². The molecule has 1 aromatic carbocycles. The quantitative estimate of drug-likeness (QED) is 0.717. The Morgan fingerprint density at radius 1 is 1.42 bits per heavy atom. The second kappa shape index (κ2) is 9.30.